The molecule has 3 aliphatic rings. The fourth-order valence-corrected chi connectivity index (χ4v) is 4.49. The van der Waals surface area contributed by atoms with Crippen molar-refractivity contribution in [2.75, 3.05) is 23.3 Å². The zero-order valence-electron chi connectivity index (χ0n) is 14.4. The van der Waals surface area contributed by atoms with Crippen molar-refractivity contribution in [2.45, 2.75) is 24.9 Å². The second-order valence-corrected chi connectivity index (χ2v) is 7.75. The number of hydrogen-bond acceptors (Lipinski definition) is 7. The number of anilines is 2. The molecule has 0 aliphatic carbocycles. The number of hydrogen-bond donors (Lipinski definition) is 2. The summed E-state index contributed by atoms with van der Waals surface area (Å²) in [5.41, 5.74) is 1.43. The zero-order valence-corrected chi connectivity index (χ0v) is 15.2. The van der Waals surface area contributed by atoms with Crippen molar-refractivity contribution in [3.05, 3.63) is 40.3 Å². The highest BCUT2D eigenvalue weighted by Gasteiger charge is 2.34. The van der Waals surface area contributed by atoms with Crippen LogP contribution in [0, 0.1) is 11.3 Å². The maximum absolute atomic E-state index is 12.7. The molecule has 2 N–H and O–H groups in total. The van der Waals surface area contributed by atoms with E-state index in [1.54, 1.807) is 16.0 Å². The number of carbonyl (C=O) groups is 1. The number of piperazine rings is 1. The number of aromatic nitrogens is 3. The van der Waals surface area contributed by atoms with Crippen LogP contribution in [0.25, 0.3) is 5.65 Å². The van der Waals surface area contributed by atoms with E-state index in [1.807, 2.05) is 12.3 Å². The monoisotopic (exact) mass is 379 g/mol. The Balaban J connectivity index is 1.47. The summed E-state index contributed by atoms with van der Waals surface area (Å²) in [6.07, 6.45) is 5.72. The lowest BCUT2D eigenvalue weighted by molar-refractivity contribution is 0.102. The number of thiophene rings is 1. The number of fused-ring (bicyclic) bond motifs is 4. The van der Waals surface area contributed by atoms with Gasteiger partial charge in [-0.1, -0.05) is 0 Å². The molecule has 6 rings (SSSR count). The van der Waals surface area contributed by atoms with Gasteiger partial charge in [0.2, 0.25) is 0 Å². The summed E-state index contributed by atoms with van der Waals surface area (Å²) in [7, 11) is 0. The van der Waals surface area contributed by atoms with Gasteiger partial charge in [0.25, 0.3) is 5.91 Å². The maximum Gasteiger partial charge on any atom is 0.261 e. The van der Waals surface area contributed by atoms with Crippen LogP contribution in [0.4, 0.5) is 11.5 Å². The minimum absolute atomic E-state index is 0.314. The second kappa shape index (κ2) is 6.33. The molecule has 27 heavy (non-hydrogen) atoms. The molecule has 136 valence electrons. The van der Waals surface area contributed by atoms with Crippen molar-refractivity contribution in [3.63, 3.8) is 0 Å². The van der Waals surface area contributed by atoms with Crippen molar-refractivity contribution in [2.24, 2.45) is 0 Å². The van der Waals surface area contributed by atoms with Crippen molar-refractivity contribution in [1.29, 1.82) is 5.26 Å². The van der Waals surface area contributed by atoms with E-state index < -0.39 is 0 Å². The maximum atomic E-state index is 12.7. The predicted octanol–water partition coefficient (Wildman–Crippen LogP) is 1.86. The molecule has 3 aliphatic heterocycles. The van der Waals surface area contributed by atoms with E-state index in [0.717, 1.165) is 25.3 Å². The van der Waals surface area contributed by atoms with Gasteiger partial charge in [-0.3, -0.25) is 4.79 Å². The molecule has 2 atom stereocenters. The molecular weight excluding hydrogens is 362 g/mol. The molecule has 0 spiro atoms. The highest BCUT2D eigenvalue weighted by Crippen LogP contribution is 2.28. The first kappa shape index (κ1) is 16.2. The molecule has 8 nitrogen and oxygen atoms in total. The Kier molecular flexibility index (Phi) is 3.81. The number of nitrogens with zero attached hydrogens (tertiary/aromatic N) is 5. The van der Waals surface area contributed by atoms with Crippen LogP contribution >= 0.6 is 11.3 Å². The average molecular weight is 379 g/mol. The first-order chi connectivity index (χ1) is 13.2. The number of nitriles is 1. The van der Waals surface area contributed by atoms with Crippen LogP contribution < -0.4 is 15.5 Å². The van der Waals surface area contributed by atoms with E-state index in [0.29, 0.717) is 33.9 Å². The molecule has 3 aromatic heterocycles. The number of carbonyl (C=O) groups excluding carboxylic acids is 1. The quantitative estimate of drug-likeness (QED) is 0.721. The molecule has 3 saturated heterocycles. The van der Waals surface area contributed by atoms with Crippen molar-refractivity contribution < 1.29 is 4.79 Å². The molecule has 9 heteroatoms. The van der Waals surface area contributed by atoms with E-state index in [2.05, 4.69) is 26.7 Å². The lowest BCUT2D eigenvalue weighted by Gasteiger charge is -2.46. The fraction of sp³-hybridized carbons (Fsp3) is 0.333. The van der Waals surface area contributed by atoms with Crippen LogP contribution in [0.5, 0.6) is 0 Å². The molecule has 3 fully saturated rings. The summed E-state index contributed by atoms with van der Waals surface area (Å²) in [6.45, 7) is 1.91. The number of nitrogens with one attached hydrogen (secondary N) is 2. The molecule has 1 amide bonds. The van der Waals surface area contributed by atoms with Crippen molar-refractivity contribution in [1.82, 2.24) is 19.9 Å². The van der Waals surface area contributed by atoms with E-state index in [1.165, 1.54) is 24.0 Å². The minimum atomic E-state index is -0.314. The summed E-state index contributed by atoms with van der Waals surface area (Å²) in [6, 6.07) is 6.71. The minimum Gasteiger partial charge on any atom is -0.351 e. The van der Waals surface area contributed by atoms with Gasteiger partial charge in [-0.05, 0) is 30.4 Å². The normalized spacial score (nSPS) is 21.4. The molecule has 0 aromatic carbocycles. The highest BCUT2D eigenvalue weighted by molar-refractivity contribution is 7.11. The lowest BCUT2D eigenvalue weighted by atomic mass is 9.93. The Morgan fingerprint density at radius 3 is 3.07 bits per heavy atom. The summed E-state index contributed by atoms with van der Waals surface area (Å²) < 4.78 is 1.61. The molecule has 2 unspecified atom stereocenters. The van der Waals surface area contributed by atoms with Gasteiger partial charge in [-0.25, -0.2) is 9.50 Å². The summed E-state index contributed by atoms with van der Waals surface area (Å²) in [5.74, 6) is 0.563. The third-order valence-corrected chi connectivity index (χ3v) is 6.08. The highest BCUT2D eigenvalue weighted by atomic mass is 32.1. The Labute approximate surface area is 159 Å². The second-order valence-electron chi connectivity index (χ2n) is 6.83. The molecule has 0 saturated carbocycles. The topological polar surface area (TPSA) is 98.3 Å². The van der Waals surface area contributed by atoms with Crippen LogP contribution in [-0.4, -0.2) is 45.7 Å². The first-order valence-corrected chi connectivity index (χ1v) is 9.74. The smallest absolute Gasteiger partial charge is 0.261 e. The largest absolute Gasteiger partial charge is 0.351 e. The first-order valence-electron chi connectivity index (χ1n) is 8.86. The Morgan fingerprint density at radius 2 is 2.33 bits per heavy atom. The Hall–Kier alpha value is -2.96. The third kappa shape index (κ3) is 2.74. The number of rotatable bonds is 3. The van der Waals surface area contributed by atoms with Gasteiger partial charge >= 0.3 is 0 Å². The van der Waals surface area contributed by atoms with Gasteiger partial charge in [-0.2, -0.15) is 10.4 Å². The summed E-state index contributed by atoms with van der Waals surface area (Å²) in [5, 5.41) is 21.5. The van der Waals surface area contributed by atoms with Crippen LogP contribution in [0.15, 0.2) is 29.9 Å². The van der Waals surface area contributed by atoms with Crippen LogP contribution in [-0.2, 0) is 0 Å². The Bertz CT molecular complexity index is 1060. The summed E-state index contributed by atoms with van der Waals surface area (Å²) >= 11 is 1.30. The lowest BCUT2D eigenvalue weighted by Crippen LogP contribution is -2.61. The summed E-state index contributed by atoms with van der Waals surface area (Å²) in [4.78, 5) is 20.3. The SMILES string of the molecule is N#Cc1sccc1NC(=O)c1cnn2ccc(N3CC4CCC3CN4)nc12. The van der Waals surface area contributed by atoms with E-state index in [4.69, 9.17) is 10.2 Å². The molecular formula is C18H17N7OS. The van der Waals surface area contributed by atoms with Gasteiger partial charge < -0.3 is 15.5 Å². The van der Waals surface area contributed by atoms with Gasteiger partial charge in [0.05, 0.1) is 11.9 Å². The fourth-order valence-electron chi connectivity index (χ4n) is 3.85. The Morgan fingerprint density at radius 1 is 1.41 bits per heavy atom. The number of piperidine rings is 2. The third-order valence-electron chi connectivity index (χ3n) is 5.26. The molecule has 2 bridgehead atoms. The van der Waals surface area contributed by atoms with E-state index in [9.17, 15) is 4.79 Å². The zero-order chi connectivity index (χ0) is 18.4. The van der Waals surface area contributed by atoms with Gasteiger partial charge in [-0.15, -0.1) is 11.3 Å². The van der Waals surface area contributed by atoms with Crippen molar-refractivity contribution in [3.8, 4) is 6.07 Å². The van der Waals surface area contributed by atoms with E-state index in [-0.39, 0.29) is 5.91 Å². The van der Waals surface area contributed by atoms with Crippen LogP contribution in [0.3, 0.4) is 0 Å². The standard InChI is InChI=1S/C18H17N7OS/c19-7-15-14(4-6-27-15)22-18(26)13-9-21-25-5-3-16(23-17(13)25)24-10-11-1-2-12(24)8-20-11/h3-6,9,11-12,20H,1-2,8,10H2,(H,22,26). The number of amides is 1. The van der Waals surface area contributed by atoms with Crippen molar-refractivity contribution >= 4 is 34.4 Å². The van der Waals surface area contributed by atoms with Gasteiger partial charge in [0.15, 0.2) is 5.65 Å². The molecule has 0 radical (unpaired) electrons. The van der Waals surface area contributed by atoms with Crippen LogP contribution in [0.2, 0.25) is 0 Å². The van der Waals surface area contributed by atoms with Crippen LogP contribution in [0.1, 0.15) is 28.1 Å². The molecule has 6 heterocycles. The predicted molar refractivity (Wildman–Crippen MR) is 102 cm³/mol. The molecule has 3 aromatic rings. The van der Waals surface area contributed by atoms with E-state index >= 15 is 0 Å². The average Bonchev–Trinajstić information content (AvgIpc) is 3.34. The van der Waals surface area contributed by atoms with Gasteiger partial charge in [0.1, 0.15) is 22.3 Å². The van der Waals surface area contributed by atoms with Gasteiger partial charge in [0, 0.05) is 31.4 Å².